The van der Waals surface area contributed by atoms with Crippen LogP contribution in [0.2, 0.25) is 0 Å². The number of likely N-dealkylation sites (tertiary alicyclic amines) is 1. The first-order valence-corrected chi connectivity index (χ1v) is 7.50. The van der Waals surface area contributed by atoms with E-state index in [1.807, 2.05) is 0 Å². The van der Waals surface area contributed by atoms with Crippen molar-refractivity contribution in [2.75, 3.05) is 6.54 Å². The van der Waals surface area contributed by atoms with Crippen LogP contribution in [0.25, 0.3) is 0 Å². The molecule has 3 nitrogen and oxygen atoms in total. The fourth-order valence-corrected chi connectivity index (χ4v) is 3.08. The summed E-state index contributed by atoms with van der Waals surface area (Å²) in [6, 6.07) is 4.81. The monoisotopic (exact) mass is 279 g/mol. The number of hydrogen-bond acceptors (Lipinski definition) is 3. The average molecular weight is 279 g/mol. The number of halogens is 1. The van der Waals surface area contributed by atoms with Gasteiger partial charge in [0, 0.05) is 12.6 Å². The zero-order chi connectivity index (χ0) is 14.5. The van der Waals surface area contributed by atoms with E-state index in [2.05, 4.69) is 11.8 Å². The van der Waals surface area contributed by atoms with Crippen molar-refractivity contribution in [2.24, 2.45) is 0 Å². The van der Waals surface area contributed by atoms with Gasteiger partial charge in [0.05, 0.1) is 0 Å². The standard InChI is InChI=1S/C15H23BFNO2/c1-2-14-6-4-3-5-9-18(14)11-12-7-8-13(17)10-15(12)16(19)20/h7-8,10,14,19-20H,2-6,9,11H2,1H3. The fourth-order valence-electron chi connectivity index (χ4n) is 3.08. The van der Waals surface area contributed by atoms with Gasteiger partial charge >= 0.3 is 7.12 Å². The second-order valence-electron chi connectivity index (χ2n) is 5.60. The van der Waals surface area contributed by atoms with E-state index in [0.29, 0.717) is 12.6 Å². The molecule has 1 unspecified atom stereocenters. The Bertz CT molecular complexity index is 442. The molecular formula is C15H23BFNO2. The first-order chi connectivity index (χ1) is 9.61. The second kappa shape index (κ2) is 7.20. The van der Waals surface area contributed by atoms with E-state index in [4.69, 9.17) is 0 Å². The number of benzene rings is 1. The van der Waals surface area contributed by atoms with Gasteiger partial charge in [-0.2, -0.15) is 0 Å². The molecule has 0 amide bonds. The highest BCUT2D eigenvalue weighted by molar-refractivity contribution is 6.59. The van der Waals surface area contributed by atoms with Gasteiger partial charge in [0.2, 0.25) is 0 Å². The van der Waals surface area contributed by atoms with Crippen LogP contribution in [0.5, 0.6) is 0 Å². The van der Waals surface area contributed by atoms with Gasteiger partial charge in [-0.05, 0) is 49.0 Å². The molecule has 1 atom stereocenters. The molecule has 1 fully saturated rings. The van der Waals surface area contributed by atoms with Crippen molar-refractivity contribution in [3.8, 4) is 0 Å². The second-order valence-corrected chi connectivity index (χ2v) is 5.60. The molecule has 0 radical (unpaired) electrons. The van der Waals surface area contributed by atoms with Crippen molar-refractivity contribution >= 4 is 12.6 Å². The van der Waals surface area contributed by atoms with Crippen LogP contribution in [-0.4, -0.2) is 34.7 Å². The molecule has 1 saturated heterocycles. The van der Waals surface area contributed by atoms with Crippen LogP contribution in [0.15, 0.2) is 18.2 Å². The van der Waals surface area contributed by atoms with Gasteiger partial charge in [0.25, 0.3) is 0 Å². The Morgan fingerprint density at radius 3 is 2.80 bits per heavy atom. The van der Waals surface area contributed by atoms with Gasteiger partial charge in [-0.1, -0.05) is 25.8 Å². The lowest BCUT2D eigenvalue weighted by Gasteiger charge is -2.30. The third kappa shape index (κ3) is 3.81. The van der Waals surface area contributed by atoms with Crippen molar-refractivity contribution < 1.29 is 14.4 Å². The molecule has 110 valence electrons. The van der Waals surface area contributed by atoms with Gasteiger partial charge in [0.1, 0.15) is 5.82 Å². The Labute approximate surface area is 120 Å². The maximum Gasteiger partial charge on any atom is 0.488 e. The molecule has 5 heteroatoms. The van der Waals surface area contributed by atoms with Crippen LogP contribution >= 0.6 is 0 Å². The molecule has 1 heterocycles. The minimum absolute atomic E-state index is 0.282. The molecule has 1 aromatic carbocycles. The van der Waals surface area contributed by atoms with Crippen LogP contribution in [0.3, 0.4) is 0 Å². The third-order valence-electron chi connectivity index (χ3n) is 4.23. The molecule has 20 heavy (non-hydrogen) atoms. The summed E-state index contributed by atoms with van der Waals surface area (Å²) in [5, 5.41) is 18.8. The van der Waals surface area contributed by atoms with Gasteiger partial charge in [-0.15, -0.1) is 0 Å². The Kier molecular flexibility index (Phi) is 5.58. The summed E-state index contributed by atoms with van der Waals surface area (Å²) in [6.07, 6.45) is 5.97. The SMILES string of the molecule is CCC1CCCCCN1Cc1ccc(F)cc1B(O)O. The third-order valence-corrected chi connectivity index (χ3v) is 4.23. The van der Waals surface area contributed by atoms with E-state index in [1.54, 1.807) is 6.07 Å². The molecule has 0 aliphatic carbocycles. The zero-order valence-electron chi connectivity index (χ0n) is 12.1. The van der Waals surface area contributed by atoms with Crippen LogP contribution < -0.4 is 5.46 Å². The molecule has 1 aromatic rings. The van der Waals surface area contributed by atoms with Gasteiger partial charge in [0.15, 0.2) is 0 Å². The summed E-state index contributed by atoms with van der Waals surface area (Å²) in [6.45, 7) is 3.87. The molecule has 2 rings (SSSR count). The van der Waals surface area contributed by atoms with Crippen LogP contribution in [0.4, 0.5) is 4.39 Å². The first kappa shape index (κ1) is 15.5. The summed E-state index contributed by atoms with van der Waals surface area (Å²) in [7, 11) is -1.62. The predicted molar refractivity (Wildman–Crippen MR) is 79.2 cm³/mol. The zero-order valence-corrected chi connectivity index (χ0v) is 12.1. The van der Waals surface area contributed by atoms with Crippen molar-refractivity contribution in [1.29, 1.82) is 0 Å². The predicted octanol–water partition coefficient (Wildman–Crippen LogP) is 1.66. The average Bonchev–Trinajstić information content (AvgIpc) is 2.65. The van der Waals surface area contributed by atoms with E-state index in [9.17, 15) is 14.4 Å². The lowest BCUT2D eigenvalue weighted by Crippen LogP contribution is -2.39. The maximum atomic E-state index is 13.3. The largest absolute Gasteiger partial charge is 0.488 e. The minimum Gasteiger partial charge on any atom is -0.423 e. The maximum absolute atomic E-state index is 13.3. The van der Waals surface area contributed by atoms with Gasteiger partial charge in [-0.3, -0.25) is 4.90 Å². The lowest BCUT2D eigenvalue weighted by atomic mass is 9.76. The highest BCUT2D eigenvalue weighted by Crippen LogP contribution is 2.21. The van der Waals surface area contributed by atoms with Crippen LogP contribution in [0, 0.1) is 5.82 Å². The molecule has 0 spiro atoms. The Hall–Kier alpha value is -0.905. The number of hydrogen-bond donors (Lipinski definition) is 2. The Morgan fingerprint density at radius 2 is 2.10 bits per heavy atom. The summed E-state index contributed by atoms with van der Waals surface area (Å²) < 4.78 is 13.3. The van der Waals surface area contributed by atoms with Crippen molar-refractivity contribution in [2.45, 2.75) is 51.6 Å². The number of nitrogens with zero attached hydrogens (tertiary/aromatic N) is 1. The van der Waals surface area contributed by atoms with Crippen molar-refractivity contribution in [3.63, 3.8) is 0 Å². The lowest BCUT2D eigenvalue weighted by molar-refractivity contribution is 0.186. The number of rotatable bonds is 4. The highest BCUT2D eigenvalue weighted by atomic mass is 19.1. The molecule has 0 bridgehead atoms. The molecule has 0 saturated carbocycles. The quantitative estimate of drug-likeness (QED) is 0.824. The minimum atomic E-state index is -1.62. The van der Waals surface area contributed by atoms with E-state index in [-0.39, 0.29) is 5.46 Å². The smallest absolute Gasteiger partial charge is 0.423 e. The van der Waals surface area contributed by atoms with E-state index in [1.165, 1.54) is 37.8 Å². The summed E-state index contributed by atoms with van der Waals surface area (Å²) in [4.78, 5) is 2.39. The summed E-state index contributed by atoms with van der Waals surface area (Å²) in [5.41, 5.74) is 1.09. The van der Waals surface area contributed by atoms with Crippen LogP contribution in [0.1, 0.15) is 44.6 Å². The normalized spacial score (nSPS) is 20.7. The van der Waals surface area contributed by atoms with E-state index >= 15 is 0 Å². The van der Waals surface area contributed by atoms with E-state index < -0.39 is 12.9 Å². The van der Waals surface area contributed by atoms with Gasteiger partial charge in [-0.25, -0.2) is 4.39 Å². The Balaban J connectivity index is 2.19. The topological polar surface area (TPSA) is 43.7 Å². The Morgan fingerprint density at radius 1 is 1.30 bits per heavy atom. The van der Waals surface area contributed by atoms with Crippen LogP contribution in [-0.2, 0) is 6.54 Å². The van der Waals surface area contributed by atoms with Crippen molar-refractivity contribution in [3.05, 3.63) is 29.6 Å². The molecule has 2 N–H and O–H groups in total. The summed E-state index contributed by atoms with van der Waals surface area (Å²) in [5.74, 6) is -0.431. The van der Waals surface area contributed by atoms with Gasteiger partial charge < -0.3 is 10.0 Å². The highest BCUT2D eigenvalue weighted by Gasteiger charge is 2.23. The summed E-state index contributed by atoms with van der Waals surface area (Å²) >= 11 is 0. The van der Waals surface area contributed by atoms with E-state index in [0.717, 1.165) is 18.5 Å². The fraction of sp³-hybridized carbons (Fsp3) is 0.600. The molecule has 1 aliphatic heterocycles. The molecule has 1 aliphatic rings. The molecule has 0 aromatic heterocycles. The van der Waals surface area contributed by atoms with Crippen molar-refractivity contribution in [1.82, 2.24) is 4.90 Å². The molecular weight excluding hydrogens is 256 g/mol. The first-order valence-electron chi connectivity index (χ1n) is 7.50.